The van der Waals surface area contributed by atoms with Gasteiger partial charge in [-0.3, -0.25) is 4.79 Å². The molecule has 1 amide bonds. The summed E-state index contributed by atoms with van der Waals surface area (Å²) in [5.41, 5.74) is 1.69. The maximum absolute atomic E-state index is 13.2. The average Bonchev–Trinajstić information content (AvgIpc) is 3.08. The maximum atomic E-state index is 13.2. The molecule has 0 aliphatic heterocycles. The van der Waals surface area contributed by atoms with Gasteiger partial charge in [0.2, 0.25) is 5.75 Å². The molecule has 0 spiro atoms. The number of benzene rings is 2. The Morgan fingerprint density at radius 1 is 1.11 bits per heavy atom. The fourth-order valence-corrected chi connectivity index (χ4v) is 2.76. The van der Waals surface area contributed by atoms with E-state index >= 15 is 0 Å². The fourth-order valence-electron chi connectivity index (χ4n) is 2.76. The average molecular weight is 373 g/mol. The van der Waals surface area contributed by atoms with E-state index in [1.54, 1.807) is 18.2 Å². The summed E-state index contributed by atoms with van der Waals surface area (Å²) in [7, 11) is 4.48. The van der Waals surface area contributed by atoms with Crippen molar-refractivity contribution < 1.29 is 23.4 Å². The van der Waals surface area contributed by atoms with Gasteiger partial charge in [-0.1, -0.05) is 0 Å². The Hall–Kier alpha value is -3.29. The van der Waals surface area contributed by atoms with Crippen LogP contribution in [-0.2, 0) is 6.42 Å². The van der Waals surface area contributed by atoms with Gasteiger partial charge in [0.25, 0.3) is 5.91 Å². The second-order valence-electron chi connectivity index (χ2n) is 5.76. The number of hydrogen-bond donors (Lipinski definition) is 2. The van der Waals surface area contributed by atoms with E-state index in [-0.39, 0.29) is 11.7 Å². The molecule has 0 saturated heterocycles. The minimum atomic E-state index is -0.326. The van der Waals surface area contributed by atoms with Crippen LogP contribution < -0.4 is 19.5 Å². The smallest absolute Gasteiger partial charge is 0.251 e. The maximum Gasteiger partial charge on any atom is 0.251 e. The van der Waals surface area contributed by atoms with E-state index in [9.17, 15) is 9.18 Å². The quantitative estimate of drug-likeness (QED) is 0.665. The Bertz CT molecular complexity index is 946. The number of amides is 1. The van der Waals surface area contributed by atoms with Gasteiger partial charge in [-0.2, -0.15) is 0 Å². The fraction of sp³-hybridized carbons (Fsp3) is 0.263. The van der Waals surface area contributed by atoms with E-state index in [0.717, 1.165) is 0 Å². The van der Waals surface area contributed by atoms with Crippen molar-refractivity contribution in [3.8, 4) is 17.2 Å². The zero-order valence-electron chi connectivity index (χ0n) is 15.3. The Balaban J connectivity index is 1.68. The van der Waals surface area contributed by atoms with Crippen molar-refractivity contribution >= 4 is 16.9 Å². The molecule has 0 unspecified atom stereocenters. The zero-order chi connectivity index (χ0) is 19.4. The SMILES string of the molecule is COc1cc(C(=O)NCCc2nc3ccc(F)cc3[nH]2)cc(OC)c1OC. The lowest BCUT2D eigenvalue weighted by atomic mass is 10.1. The van der Waals surface area contributed by atoms with Crippen LogP contribution in [0.3, 0.4) is 0 Å². The molecule has 1 heterocycles. The second kappa shape index (κ2) is 7.94. The third kappa shape index (κ3) is 3.94. The molecule has 0 aliphatic carbocycles. The Labute approximate surface area is 155 Å². The van der Waals surface area contributed by atoms with E-state index in [4.69, 9.17) is 14.2 Å². The molecule has 2 aromatic carbocycles. The summed E-state index contributed by atoms with van der Waals surface area (Å²) < 4.78 is 29.0. The van der Waals surface area contributed by atoms with Gasteiger partial charge in [-0.05, 0) is 30.3 Å². The number of imidazole rings is 1. The summed E-state index contributed by atoms with van der Waals surface area (Å²) in [6.45, 7) is 0.359. The number of aromatic nitrogens is 2. The number of ether oxygens (including phenoxy) is 3. The molecule has 0 fully saturated rings. The van der Waals surface area contributed by atoms with Gasteiger partial charge in [0, 0.05) is 18.5 Å². The Morgan fingerprint density at radius 2 is 1.81 bits per heavy atom. The lowest BCUT2D eigenvalue weighted by molar-refractivity contribution is 0.0953. The van der Waals surface area contributed by atoms with Crippen molar-refractivity contribution in [2.45, 2.75) is 6.42 Å². The summed E-state index contributed by atoms with van der Waals surface area (Å²) in [6.07, 6.45) is 0.479. The number of rotatable bonds is 7. The highest BCUT2D eigenvalue weighted by Crippen LogP contribution is 2.38. The van der Waals surface area contributed by atoms with Crippen molar-refractivity contribution in [3.63, 3.8) is 0 Å². The number of hydrogen-bond acceptors (Lipinski definition) is 5. The standard InChI is InChI=1S/C19H20FN3O4/c1-25-15-8-11(9-16(26-2)18(15)27-3)19(24)21-7-6-17-22-13-5-4-12(20)10-14(13)23-17/h4-5,8-10H,6-7H2,1-3H3,(H,21,24)(H,22,23). The van der Waals surface area contributed by atoms with Crippen molar-refractivity contribution in [2.75, 3.05) is 27.9 Å². The molecular weight excluding hydrogens is 353 g/mol. The number of nitrogens with one attached hydrogen (secondary N) is 2. The molecule has 3 aromatic rings. The van der Waals surface area contributed by atoms with Crippen LogP contribution in [0, 0.1) is 5.82 Å². The molecule has 0 aliphatic rings. The van der Waals surface area contributed by atoms with Crippen molar-refractivity contribution in [1.29, 1.82) is 0 Å². The van der Waals surface area contributed by atoms with Gasteiger partial charge in [0.05, 0.1) is 32.4 Å². The first-order chi connectivity index (χ1) is 13.0. The lowest BCUT2D eigenvalue weighted by Crippen LogP contribution is -2.26. The number of carbonyl (C=O) groups excluding carboxylic acids is 1. The van der Waals surface area contributed by atoms with E-state index in [0.29, 0.717) is 52.6 Å². The number of fused-ring (bicyclic) bond motifs is 1. The molecular formula is C19H20FN3O4. The molecule has 7 nitrogen and oxygen atoms in total. The van der Waals surface area contributed by atoms with Gasteiger partial charge in [0.15, 0.2) is 11.5 Å². The Kier molecular flexibility index (Phi) is 5.44. The van der Waals surface area contributed by atoms with Crippen molar-refractivity contribution in [2.24, 2.45) is 0 Å². The molecule has 0 saturated carbocycles. The predicted octanol–water partition coefficient (Wildman–Crippen LogP) is 2.70. The summed E-state index contributed by atoms with van der Waals surface area (Å²) in [6, 6.07) is 7.53. The van der Waals surface area contributed by atoms with Gasteiger partial charge >= 0.3 is 0 Å². The monoisotopic (exact) mass is 373 g/mol. The van der Waals surface area contributed by atoms with Gasteiger partial charge in [-0.25, -0.2) is 9.37 Å². The number of H-pyrrole nitrogens is 1. The topological polar surface area (TPSA) is 85.5 Å². The van der Waals surface area contributed by atoms with Crippen LogP contribution in [0.2, 0.25) is 0 Å². The second-order valence-corrected chi connectivity index (χ2v) is 5.76. The first-order valence-electron chi connectivity index (χ1n) is 8.28. The normalized spacial score (nSPS) is 10.7. The minimum absolute atomic E-state index is 0.281. The summed E-state index contributed by atoms with van der Waals surface area (Å²) in [5, 5.41) is 2.82. The van der Waals surface area contributed by atoms with Crippen LogP contribution >= 0.6 is 0 Å². The molecule has 8 heteroatoms. The van der Waals surface area contributed by atoms with Crippen LogP contribution in [0.15, 0.2) is 30.3 Å². The number of nitrogens with zero attached hydrogens (tertiary/aromatic N) is 1. The molecule has 2 N–H and O–H groups in total. The summed E-state index contributed by atoms with van der Waals surface area (Å²) in [4.78, 5) is 19.9. The van der Waals surface area contributed by atoms with E-state index in [2.05, 4.69) is 15.3 Å². The molecule has 0 atom stereocenters. The van der Waals surface area contributed by atoms with Gasteiger partial charge < -0.3 is 24.5 Å². The van der Waals surface area contributed by atoms with Crippen molar-refractivity contribution in [3.05, 3.63) is 47.5 Å². The first kappa shape index (κ1) is 18.5. The number of carbonyl (C=O) groups is 1. The Morgan fingerprint density at radius 3 is 2.44 bits per heavy atom. The van der Waals surface area contributed by atoms with E-state index in [1.807, 2.05) is 0 Å². The number of methoxy groups -OCH3 is 3. The van der Waals surface area contributed by atoms with Crippen LogP contribution in [0.25, 0.3) is 11.0 Å². The van der Waals surface area contributed by atoms with Gasteiger partial charge in [-0.15, -0.1) is 0 Å². The summed E-state index contributed by atoms with van der Waals surface area (Å²) >= 11 is 0. The molecule has 142 valence electrons. The third-order valence-electron chi connectivity index (χ3n) is 4.07. The third-order valence-corrected chi connectivity index (χ3v) is 4.07. The molecule has 3 rings (SSSR count). The lowest BCUT2D eigenvalue weighted by Gasteiger charge is -2.14. The molecule has 1 aromatic heterocycles. The highest BCUT2D eigenvalue weighted by Gasteiger charge is 2.17. The minimum Gasteiger partial charge on any atom is -0.493 e. The van der Waals surface area contributed by atoms with Crippen LogP contribution in [0.1, 0.15) is 16.2 Å². The van der Waals surface area contributed by atoms with Crippen LogP contribution in [0.5, 0.6) is 17.2 Å². The van der Waals surface area contributed by atoms with Crippen LogP contribution in [0.4, 0.5) is 4.39 Å². The highest BCUT2D eigenvalue weighted by molar-refractivity contribution is 5.95. The highest BCUT2D eigenvalue weighted by atomic mass is 19.1. The van der Waals surface area contributed by atoms with Crippen molar-refractivity contribution in [1.82, 2.24) is 15.3 Å². The molecule has 0 radical (unpaired) electrons. The summed E-state index contributed by atoms with van der Waals surface area (Å²) in [5.74, 6) is 1.29. The predicted molar refractivity (Wildman–Crippen MR) is 98.2 cm³/mol. The first-order valence-corrected chi connectivity index (χ1v) is 8.28. The number of halogens is 1. The zero-order valence-corrected chi connectivity index (χ0v) is 15.3. The molecule has 0 bridgehead atoms. The number of aromatic amines is 1. The van der Waals surface area contributed by atoms with E-state index < -0.39 is 0 Å². The van der Waals surface area contributed by atoms with Crippen LogP contribution in [-0.4, -0.2) is 43.7 Å². The van der Waals surface area contributed by atoms with E-state index in [1.165, 1.54) is 33.5 Å². The molecule has 27 heavy (non-hydrogen) atoms. The largest absolute Gasteiger partial charge is 0.493 e. The van der Waals surface area contributed by atoms with Gasteiger partial charge in [0.1, 0.15) is 11.6 Å².